The predicted octanol–water partition coefficient (Wildman–Crippen LogP) is 3.27. The number of nitrogens with one attached hydrogen (secondary N) is 1. The van der Waals surface area contributed by atoms with Crippen LogP contribution in [0, 0.1) is 6.92 Å². The van der Waals surface area contributed by atoms with Crippen LogP contribution in [0.3, 0.4) is 0 Å². The van der Waals surface area contributed by atoms with Crippen LogP contribution >= 0.6 is 0 Å². The molecule has 0 aliphatic rings. The Bertz CT molecular complexity index is 828. The predicted molar refractivity (Wildman–Crippen MR) is 101 cm³/mol. The Kier molecular flexibility index (Phi) is 5.85. The first-order valence-corrected chi connectivity index (χ1v) is 9.79. The summed E-state index contributed by atoms with van der Waals surface area (Å²) in [5, 5.41) is 2.95. The molecule has 0 saturated heterocycles. The Balaban J connectivity index is 2.09. The normalized spacial score (nSPS) is 12.5. The monoisotopic (exact) mass is 360 g/mol. The van der Waals surface area contributed by atoms with Crippen LogP contribution in [0.1, 0.15) is 41.4 Å². The van der Waals surface area contributed by atoms with Gasteiger partial charge in [0.2, 0.25) is 10.0 Å². The third-order valence-electron chi connectivity index (χ3n) is 4.20. The molecule has 0 heterocycles. The molecule has 0 fully saturated rings. The van der Waals surface area contributed by atoms with Crippen molar-refractivity contribution < 1.29 is 13.2 Å². The Morgan fingerprint density at radius 1 is 1.08 bits per heavy atom. The highest BCUT2D eigenvalue weighted by atomic mass is 32.2. The maximum absolute atomic E-state index is 12.4. The lowest BCUT2D eigenvalue weighted by Gasteiger charge is -2.19. The summed E-state index contributed by atoms with van der Waals surface area (Å²) in [6, 6.07) is 14.4. The van der Waals surface area contributed by atoms with Crippen molar-refractivity contribution in [3.05, 3.63) is 65.2 Å². The Morgan fingerprint density at radius 2 is 1.64 bits per heavy atom. The molecular weight excluding hydrogens is 336 g/mol. The van der Waals surface area contributed by atoms with Crippen LogP contribution in [-0.4, -0.2) is 27.1 Å². The van der Waals surface area contributed by atoms with E-state index in [1.165, 1.54) is 16.9 Å². The summed E-state index contributed by atoms with van der Waals surface area (Å²) in [7, 11) is -1.80. The highest BCUT2D eigenvalue weighted by Gasteiger charge is 2.17. The fourth-order valence-corrected chi connectivity index (χ4v) is 3.23. The third kappa shape index (κ3) is 4.60. The van der Waals surface area contributed by atoms with Crippen LogP contribution < -0.4 is 9.62 Å². The quantitative estimate of drug-likeness (QED) is 0.860. The van der Waals surface area contributed by atoms with Gasteiger partial charge in [-0.1, -0.05) is 29.8 Å². The second-order valence-electron chi connectivity index (χ2n) is 6.02. The molecule has 6 heteroatoms. The van der Waals surface area contributed by atoms with Crippen LogP contribution in [0.15, 0.2) is 48.5 Å². The average Bonchev–Trinajstić information content (AvgIpc) is 2.61. The lowest BCUT2D eigenvalue weighted by atomic mass is 10.1. The molecule has 0 spiro atoms. The minimum atomic E-state index is -3.31. The number of nitrogens with zero attached hydrogens (tertiary/aromatic N) is 1. The maximum Gasteiger partial charge on any atom is 0.251 e. The van der Waals surface area contributed by atoms with E-state index in [0.717, 1.165) is 5.56 Å². The van der Waals surface area contributed by atoms with Gasteiger partial charge in [0, 0.05) is 12.6 Å². The minimum Gasteiger partial charge on any atom is -0.346 e. The smallest absolute Gasteiger partial charge is 0.251 e. The molecule has 1 amide bonds. The van der Waals surface area contributed by atoms with E-state index in [0.29, 0.717) is 11.3 Å². The number of rotatable bonds is 6. The molecule has 2 rings (SSSR count). The second kappa shape index (κ2) is 7.70. The van der Waals surface area contributed by atoms with Crippen molar-refractivity contribution in [1.82, 2.24) is 5.32 Å². The van der Waals surface area contributed by atoms with Gasteiger partial charge in [0.25, 0.3) is 5.91 Å². The molecule has 0 bridgehead atoms. The molecule has 0 radical (unpaired) electrons. The first-order chi connectivity index (χ1) is 11.7. The van der Waals surface area contributed by atoms with E-state index in [2.05, 4.69) is 5.32 Å². The number of anilines is 1. The molecule has 0 aliphatic heterocycles. The molecule has 1 unspecified atom stereocenters. The molecule has 2 aromatic rings. The van der Waals surface area contributed by atoms with Crippen molar-refractivity contribution in [2.24, 2.45) is 0 Å². The van der Waals surface area contributed by atoms with Crippen molar-refractivity contribution in [2.45, 2.75) is 26.8 Å². The Hall–Kier alpha value is -2.34. The molecule has 0 saturated carbocycles. The molecule has 0 aliphatic carbocycles. The van der Waals surface area contributed by atoms with Gasteiger partial charge in [0.1, 0.15) is 0 Å². The van der Waals surface area contributed by atoms with E-state index >= 15 is 0 Å². The number of hydrogen-bond donors (Lipinski definition) is 1. The molecule has 0 aromatic heterocycles. The first-order valence-electron chi connectivity index (χ1n) is 8.18. The summed E-state index contributed by atoms with van der Waals surface area (Å²) >= 11 is 0. The fourth-order valence-electron chi connectivity index (χ4n) is 2.40. The van der Waals surface area contributed by atoms with Crippen LogP contribution in [0.4, 0.5) is 5.69 Å². The third-order valence-corrected chi connectivity index (χ3v) is 5.98. The van der Waals surface area contributed by atoms with Crippen LogP contribution in [0.5, 0.6) is 0 Å². The Labute approximate surface area is 149 Å². The van der Waals surface area contributed by atoms with Crippen LogP contribution in [0.25, 0.3) is 0 Å². The van der Waals surface area contributed by atoms with Gasteiger partial charge in [-0.25, -0.2) is 8.42 Å². The highest BCUT2D eigenvalue weighted by Crippen LogP contribution is 2.18. The summed E-state index contributed by atoms with van der Waals surface area (Å²) in [4.78, 5) is 12.4. The van der Waals surface area contributed by atoms with Crippen molar-refractivity contribution in [2.75, 3.05) is 17.1 Å². The second-order valence-corrected chi connectivity index (χ2v) is 8.31. The largest absolute Gasteiger partial charge is 0.346 e. The molecule has 5 nitrogen and oxygen atoms in total. The molecule has 25 heavy (non-hydrogen) atoms. The number of aryl methyl sites for hydroxylation is 1. The van der Waals surface area contributed by atoms with Gasteiger partial charge in [-0.05, 0) is 50.6 Å². The van der Waals surface area contributed by atoms with E-state index in [4.69, 9.17) is 0 Å². The van der Waals surface area contributed by atoms with E-state index in [-0.39, 0.29) is 17.7 Å². The average molecular weight is 360 g/mol. The van der Waals surface area contributed by atoms with Crippen LogP contribution in [0.2, 0.25) is 0 Å². The lowest BCUT2D eigenvalue weighted by molar-refractivity contribution is 0.0940. The number of hydrogen-bond acceptors (Lipinski definition) is 3. The summed E-state index contributed by atoms with van der Waals surface area (Å²) in [6.07, 6.45) is 0. The van der Waals surface area contributed by atoms with E-state index < -0.39 is 10.0 Å². The van der Waals surface area contributed by atoms with Gasteiger partial charge < -0.3 is 5.32 Å². The van der Waals surface area contributed by atoms with Crippen molar-refractivity contribution in [1.29, 1.82) is 0 Å². The molecular formula is C19H24N2O3S. The molecule has 2 aromatic carbocycles. The molecule has 1 N–H and O–H groups in total. The number of sulfonamides is 1. The summed E-state index contributed by atoms with van der Waals surface area (Å²) < 4.78 is 25.0. The van der Waals surface area contributed by atoms with Gasteiger partial charge in [-0.2, -0.15) is 0 Å². The van der Waals surface area contributed by atoms with Gasteiger partial charge in [-0.3, -0.25) is 9.10 Å². The topological polar surface area (TPSA) is 66.5 Å². The zero-order valence-electron chi connectivity index (χ0n) is 15.0. The SMILES string of the molecule is CCS(=O)(=O)N(C)c1ccc(C(=O)NC(C)c2ccc(C)cc2)cc1. The fraction of sp³-hybridized carbons (Fsp3) is 0.316. The number of amides is 1. The number of benzene rings is 2. The highest BCUT2D eigenvalue weighted by molar-refractivity contribution is 7.92. The molecule has 1 atom stereocenters. The van der Waals surface area contributed by atoms with Gasteiger partial charge in [0.15, 0.2) is 0 Å². The van der Waals surface area contributed by atoms with Crippen molar-refractivity contribution in [3.63, 3.8) is 0 Å². The van der Waals surface area contributed by atoms with Crippen molar-refractivity contribution >= 4 is 21.6 Å². The minimum absolute atomic E-state index is 0.0276. The number of carbonyl (C=O) groups is 1. The number of carbonyl (C=O) groups excluding carboxylic acids is 1. The van der Waals surface area contributed by atoms with E-state index in [1.807, 2.05) is 38.1 Å². The van der Waals surface area contributed by atoms with Gasteiger partial charge in [0.05, 0.1) is 17.5 Å². The maximum atomic E-state index is 12.4. The Morgan fingerprint density at radius 3 is 2.16 bits per heavy atom. The van der Waals surface area contributed by atoms with Crippen molar-refractivity contribution in [3.8, 4) is 0 Å². The summed E-state index contributed by atoms with van der Waals surface area (Å²) in [5.74, 6) is -0.166. The van der Waals surface area contributed by atoms with E-state index in [9.17, 15) is 13.2 Å². The summed E-state index contributed by atoms with van der Waals surface area (Å²) in [6.45, 7) is 5.54. The van der Waals surface area contributed by atoms with Gasteiger partial charge in [-0.15, -0.1) is 0 Å². The standard InChI is InChI=1S/C19H24N2O3S/c1-5-25(23,24)21(4)18-12-10-17(11-13-18)19(22)20-15(3)16-8-6-14(2)7-9-16/h6-13,15H,5H2,1-4H3,(H,20,22). The summed E-state index contributed by atoms with van der Waals surface area (Å²) in [5.41, 5.74) is 3.23. The zero-order valence-corrected chi connectivity index (χ0v) is 15.8. The lowest BCUT2D eigenvalue weighted by Crippen LogP contribution is -2.28. The molecule has 134 valence electrons. The van der Waals surface area contributed by atoms with Gasteiger partial charge >= 0.3 is 0 Å². The first kappa shape index (κ1) is 19.0. The van der Waals surface area contributed by atoms with E-state index in [1.54, 1.807) is 31.2 Å². The van der Waals surface area contributed by atoms with Crippen LogP contribution in [-0.2, 0) is 10.0 Å². The zero-order chi connectivity index (χ0) is 18.6.